The Labute approximate surface area is 122 Å². The first-order chi connectivity index (χ1) is 9.24. The molecule has 0 spiro atoms. The lowest BCUT2D eigenvalue weighted by atomic mass is 9.88. The minimum absolute atomic E-state index is 0.0549. The van der Waals surface area contributed by atoms with Gasteiger partial charge in [-0.25, -0.2) is 8.42 Å². The third kappa shape index (κ3) is 3.23. The molecule has 0 saturated carbocycles. The summed E-state index contributed by atoms with van der Waals surface area (Å²) in [5.74, 6) is 0.145. The molecule has 0 bridgehead atoms. The van der Waals surface area contributed by atoms with Crippen molar-refractivity contribution in [3.05, 3.63) is 29.3 Å². The summed E-state index contributed by atoms with van der Waals surface area (Å²) in [6, 6.07) is 5.59. The van der Waals surface area contributed by atoms with Crippen molar-refractivity contribution in [3.8, 4) is 0 Å². The van der Waals surface area contributed by atoms with E-state index in [-0.39, 0.29) is 17.2 Å². The van der Waals surface area contributed by atoms with Crippen LogP contribution in [0.1, 0.15) is 38.3 Å². The Morgan fingerprint density at radius 1 is 1.20 bits per heavy atom. The van der Waals surface area contributed by atoms with Gasteiger partial charge in [0.05, 0.1) is 10.6 Å². The molecule has 0 aromatic heterocycles. The van der Waals surface area contributed by atoms with E-state index >= 15 is 0 Å². The molecule has 1 unspecified atom stereocenters. The average Bonchev–Trinajstić information content (AvgIpc) is 2.81. The Balaban J connectivity index is 2.26. The topological polar surface area (TPSA) is 46.2 Å². The summed E-state index contributed by atoms with van der Waals surface area (Å²) >= 11 is 0. The van der Waals surface area contributed by atoms with Crippen LogP contribution < -0.4 is 5.32 Å². The van der Waals surface area contributed by atoms with Gasteiger partial charge in [-0.15, -0.1) is 0 Å². The van der Waals surface area contributed by atoms with Gasteiger partial charge in [0.15, 0.2) is 9.84 Å². The van der Waals surface area contributed by atoms with E-state index in [0.717, 1.165) is 19.3 Å². The van der Waals surface area contributed by atoms with Crippen LogP contribution in [0.4, 0.5) is 0 Å². The second-order valence-electron chi connectivity index (χ2n) is 6.77. The zero-order valence-corrected chi connectivity index (χ0v) is 13.7. The Kier molecular flexibility index (Phi) is 4.26. The number of aryl methyl sites for hydroxylation is 2. The van der Waals surface area contributed by atoms with E-state index in [1.165, 1.54) is 11.1 Å². The van der Waals surface area contributed by atoms with Gasteiger partial charge < -0.3 is 5.32 Å². The van der Waals surface area contributed by atoms with Crippen molar-refractivity contribution in [1.29, 1.82) is 0 Å². The first-order valence-corrected chi connectivity index (χ1v) is 8.91. The van der Waals surface area contributed by atoms with Crippen molar-refractivity contribution >= 4 is 9.84 Å². The van der Waals surface area contributed by atoms with E-state index in [9.17, 15) is 8.42 Å². The zero-order valence-electron chi connectivity index (χ0n) is 12.9. The molecule has 20 heavy (non-hydrogen) atoms. The van der Waals surface area contributed by atoms with Gasteiger partial charge in [0.25, 0.3) is 0 Å². The van der Waals surface area contributed by atoms with Gasteiger partial charge in [-0.05, 0) is 55.0 Å². The third-order valence-corrected chi connectivity index (χ3v) is 5.95. The highest BCUT2D eigenvalue weighted by atomic mass is 32.2. The molecule has 1 aliphatic carbocycles. The summed E-state index contributed by atoms with van der Waals surface area (Å²) in [6.45, 7) is 6.19. The molecule has 0 amide bonds. The fourth-order valence-electron chi connectivity index (χ4n) is 2.82. The molecule has 2 rings (SSSR count). The number of hydrogen-bond donors (Lipinski definition) is 1. The SMILES string of the molecule is CNC(CS(=O)(=O)c1ccc2c(c1)CCC2)C(C)(C)C. The summed E-state index contributed by atoms with van der Waals surface area (Å²) in [5.41, 5.74) is 2.44. The number of nitrogens with one attached hydrogen (secondary N) is 1. The van der Waals surface area contributed by atoms with Gasteiger partial charge in [-0.3, -0.25) is 0 Å². The first kappa shape index (κ1) is 15.5. The molecule has 0 fully saturated rings. The predicted octanol–water partition coefficient (Wildman–Crippen LogP) is 2.58. The van der Waals surface area contributed by atoms with Gasteiger partial charge in [-0.2, -0.15) is 0 Å². The molecule has 1 atom stereocenters. The first-order valence-electron chi connectivity index (χ1n) is 7.26. The lowest BCUT2D eigenvalue weighted by Crippen LogP contribution is -2.43. The molecular formula is C16H25NO2S. The number of rotatable bonds is 4. The molecule has 1 aromatic rings. The van der Waals surface area contributed by atoms with Crippen molar-refractivity contribution in [1.82, 2.24) is 5.32 Å². The summed E-state index contributed by atoms with van der Waals surface area (Å²) < 4.78 is 25.2. The van der Waals surface area contributed by atoms with Gasteiger partial charge in [0.1, 0.15) is 0 Å². The standard InChI is InChI=1S/C16H25NO2S/c1-16(2,3)15(17-4)11-20(18,19)14-9-8-12-6-5-7-13(12)10-14/h8-10,15,17H,5-7,11H2,1-4H3. The predicted molar refractivity (Wildman–Crippen MR) is 82.8 cm³/mol. The fraction of sp³-hybridized carbons (Fsp3) is 0.625. The fourth-order valence-corrected chi connectivity index (χ4v) is 4.72. The summed E-state index contributed by atoms with van der Waals surface area (Å²) in [5, 5.41) is 3.14. The van der Waals surface area contributed by atoms with Gasteiger partial charge in [-0.1, -0.05) is 26.8 Å². The molecule has 0 aliphatic heterocycles. The Bertz CT molecular complexity index is 585. The van der Waals surface area contributed by atoms with Crippen LogP contribution in [0, 0.1) is 5.41 Å². The van der Waals surface area contributed by atoms with E-state index in [0.29, 0.717) is 4.90 Å². The van der Waals surface area contributed by atoms with Crippen LogP contribution in [0.5, 0.6) is 0 Å². The van der Waals surface area contributed by atoms with Gasteiger partial charge in [0.2, 0.25) is 0 Å². The van der Waals surface area contributed by atoms with Crippen molar-refractivity contribution in [3.63, 3.8) is 0 Å². The molecule has 4 heteroatoms. The van der Waals surface area contributed by atoms with Crippen molar-refractivity contribution in [2.45, 2.75) is 51.0 Å². The van der Waals surface area contributed by atoms with Crippen LogP contribution in [-0.4, -0.2) is 27.3 Å². The van der Waals surface area contributed by atoms with E-state index < -0.39 is 9.84 Å². The molecule has 1 aliphatic rings. The van der Waals surface area contributed by atoms with E-state index in [4.69, 9.17) is 0 Å². The monoisotopic (exact) mass is 295 g/mol. The van der Waals surface area contributed by atoms with Gasteiger partial charge in [0, 0.05) is 6.04 Å². The third-order valence-electron chi connectivity index (χ3n) is 4.21. The lowest BCUT2D eigenvalue weighted by molar-refractivity contribution is 0.302. The molecule has 0 saturated heterocycles. The molecule has 112 valence electrons. The summed E-state index contributed by atoms with van der Waals surface area (Å²) in [7, 11) is -1.41. The molecular weight excluding hydrogens is 270 g/mol. The maximum atomic E-state index is 12.6. The molecule has 0 radical (unpaired) electrons. The Morgan fingerprint density at radius 3 is 2.45 bits per heavy atom. The summed E-state index contributed by atoms with van der Waals surface area (Å²) in [6.07, 6.45) is 3.23. The van der Waals surface area contributed by atoms with Crippen LogP contribution in [0.3, 0.4) is 0 Å². The van der Waals surface area contributed by atoms with Crippen LogP contribution >= 0.6 is 0 Å². The number of hydrogen-bond acceptors (Lipinski definition) is 3. The van der Waals surface area contributed by atoms with E-state index in [1.807, 2.05) is 19.2 Å². The van der Waals surface area contributed by atoms with Crippen molar-refractivity contribution in [2.24, 2.45) is 5.41 Å². The second kappa shape index (κ2) is 5.49. The largest absolute Gasteiger partial charge is 0.315 e. The number of fused-ring (bicyclic) bond motifs is 1. The Hall–Kier alpha value is -0.870. The van der Waals surface area contributed by atoms with Crippen LogP contribution in [0.2, 0.25) is 0 Å². The zero-order chi connectivity index (χ0) is 15.0. The van der Waals surface area contributed by atoms with E-state index in [2.05, 4.69) is 26.1 Å². The molecule has 1 N–H and O–H groups in total. The second-order valence-corrected chi connectivity index (χ2v) is 8.81. The lowest BCUT2D eigenvalue weighted by Gasteiger charge is -2.30. The van der Waals surface area contributed by atoms with Gasteiger partial charge >= 0.3 is 0 Å². The van der Waals surface area contributed by atoms with Crippen molar-refractivity contribution < 1.29 is 8.42 Å². The minimum atomic E-state index is -3.24. The Morgan fingerprint density at radius 2 is 1.85 bits per heavy atom. The highest BCUT2D eigenvalue weighted by Gasteiger charge is 2.29. The van der Waals surface area contributed by atoms with Crippen LogP contribution in [0.25, 0.3) is 0 Å². The highest BCUT2D eigenvalue weighted by molar-refractivity contribution is 7.91. The molecule has 0 heterocycles. The summed E-state index contributed by atoms with van der Waals surface area (Å²) in [4.78, 5) is 0.475. The molecule has 3 nitrogen and oxygen atoms in total. The van der Waals surface area contributed by atoms with Crippen molar-refractivity contribution in [2.75, 3.05) is 12.8 Å². The van der Waals surface area contributed by atoms with Crippen LogP contribution in [0.15, 0.2) is 23.1 Å². The van der Waals surface area contributed by atoms with Crippen LogP contribution in [-0.2, 0) is 22.7 Å². The molecule has 1 aromatic carbocycles. The highest BCUT2D eigenvalue weighted by Crippen LogP contribution is 2.27. The normalized spacial score (nSPS) is 17.0. The quantitative estimate of drug-likeness (QED) is 0.928. The number of benzene rings is 1. The minimum Gasteiger partial charge on any atom is -0.315 e. The number of sulfone groups is 1. The van der Waals surface area contributed by atoms with E-state index in [1.54, 1.807) is 6.07 Å². The maximum absolute atomic E-state index is 12.6. The average molecular weight is 295 g/mol. The maximum Gasteiger partial charge on any atom is 0.179 e. The smallest absolute Gasteiger partial charge is 0.179 e.